The molecule has 1 fully saturated rings. The van der Waals surface area contributed by atoms with E-state index in [9.17, 15) is 0 Å². The van der Waals surface area contributed by atoms with Gasteiger partial charge in [0.15, 0.2) is 0 Å². The van der Waals surface area contributed by atoms with Crippen LogP contribution in [0, 0.1) is 17.3 Å². The van der Waals surface area contributed by atoms with Crippen molar-refractivity contribution in [1.29, 1.82) is 0 Å². The van der Waals surface area contributed by atoms with E-state index in [1.54, 1.807) is 0 Å². The Morgan fingerprint density at radius 3 is 2.43 bits per heavy atom. The molecule has 2 heteroatoms. The van der Waals surface area contributed by atoms with Crippen LogP contribution < -0.4 is 10.6 Å². The number of nitrogens with one attached hydrogen (secondary N) is 2. The topological polar surface area (TPSA) is 24.1 Å². The highest BCUT2D eigenvalue weighted by Gasteiger charge is 2.22. The average Bonchev–Trinajstić information content (AvgIpc) is 2.00. The van der Waals surface area contributed by atoms with Crippen molar-refractivity contribution < 1.29 is 0 Å². The van der Waals surface area contributed by atoms with Gasteiger partial charge in [0, 0.05) is 6.54 Å². The molecule has 0 bridgehead atoms. The van der Waals surface area contributed by atoms with Crippen molar-refractivity contribution in [2.75, 3.05) is 26.2 Å². The molecule has 0 aromatic heterocycles. The maximum atomic E-state index is 3.58. The van der Waals surface area contributed by atoms with Crippen molar-refractivity contribution in [1.82, 2.24) is 10.6 Å². The predicted molar refractivity (Wildman–Crippen MR) is 62.5 cm³/mol. The largest absolute Gasteiger partial charge is 0.316 e. The van der Waals surface area contributed by atoms with E-state index in [0.717, 1.165) is 18.4 Å². The summed E-state index contributed by atoms with van der Waals surface area (Å²) in [4.78, 5) is 0. The van der Waals surface area contributed by atoms with Gasteiger partial charge in [-0.15, -0.1) is 0 Å². The second-order valence-electron chi connectivity index (χ2n) is 5.63. The fourth-order valence-corrected chi connectivity index (χ4v) is 1.47. The Balaban J connectivity index is 2.01. The Labute approximate surface area is 88.8 Å². The summed E-state index contributed by atoms with van der Waals surface area (Å²) >= 11 is 0. The molecule has 0 radical (unpaired) electrons. The van der Waals surface area contributed by atoms with Gasteiger partial charge in [0.05, 0.1) is 0 Å². The summed E-state index contributed by atoms with van der Waals surface area (Å²) in [6.07, 6.45) is 1.33. The van der Waals surface area contributed by atoms with Gasteiger partial charge in [-0.3, -0.25) is 0 Å². The van der Waals surface area contributed by atoms with Crippen molar-refractivity contribution in [3.8, 4) is 0 Å². The summed E-state index contributed by atoms with van der Waals surface area (Å²) in [5.74, 6) is 1.69. The molecule has 1 heterocycles. The SMILES string of the molecule is CC(C)C(C)(C)CNCCC1CNC1. The highest BCUT2D eigenvalue weighted by Crippen LogP contribution is 2.24. The zero-order valence-corrected chi connectivity index (χ0v) is 10.2. The Hall–Kier alpha value is -0.0800. The molecule has 1 rings (SSSR count). The molecule has 0 aromatic rings. The third-order valence-electron chi connectivity index (χ3n) is 3.74. The molecule has 0 saturated carbocycles. The smallest absolute Gasteiger partial charge is 0.000497 e. The molecule has 0 unspecified atom stereocenters. The number of hydrogen-bond acceptors (Lipinski definition) is 2. The van der Waals surface area contributed by atoms with E-state index in [2.05, 4.69) is 38.3 Å². The van der Waals surface area contributed by atoms with Crippen LogP contribution in [0.5, 0.6) is 0 Å². The molecule has 14 heavy (non-hydrogen) atoms. The highest BCUT2D eigenvalue weighted by molar-refractivity contribution is 4.77. The summed E-state index contributed by atoms with van der Waals surface area (Å²) in [6, 6.07) is 0. The maximum Gasteiger partial charge on any atom is 0.000497 e. The van der Waals surface area contributed by atoms with Crippen molar-refractivity contribution in [2.24, 2.45) is 17.3 Å². The van der Waals surface area contributed by atoms with Crippen LogP contribution in [0.3, 0.4) is 0 Å². The lowest BCUT2D eigenvalue weighted by atomic mass is 9.81. The van der Waals surface area contributed by atoms with E-state index >= 15 is 0 Å². The third kappa shape index (κ3) is 3.58. The first-order chi connectivity index (χ1) is 6.52. The molecule has 2 N–H and O–H groups in total. The molecule has 0 amide bonds. The van der Waals surface area contributed by atoms with Crippen molar-refractivity contribution in [3.63, 3.8) is 0 Å². The Kier molecular flexibility index (Phi) is 4.39. The highest BCUT2D eigenvalue weighted by atomic mass is 15.0. The van der Waals surface area contributed by atoms with E-state index in [1.807, 2.05) is 0 Å². The van der Waals surface area contributed by atoms with E-state index < -0.39 is 0 Å². The summed E-state index contributed by atoms with van der Waals surface area (Å²) in [6.45, 7) is 14.1. The fourth-order valence-electron chi connectivity index (χ4n) is 1.47. The van der Waals surface area contributed by atoms with Gasteiger partial charge in [-0.1, -0.05) is 27.7 Å². The molecule has 1 aliphatic heterocycles. The van der Waals surface area contributed by atoms with Crippen molar-refractivity contribution in [3.05, 3.63) is 0 Å². The van der Waals surface area contributed by atoms with Crippen LogP contribution in [-0.4, -0.2) is 26.2 Å². The minimum absolute atomic E-state index is 0.428. The number of hydrogen-bond donors (Lipinski definition) is 2. The van der Waals surface area contributed by atoms with Crippen molar-refractivity contribution in [2.45, 2.75) is 34.1 Å². The summed E-state index contributed by atoms with van der Waals surface area (Å²) in [5.41, 5.74) is 0.428. The zero-order valence-electron chi connectivity index (χ0n) is 10.2. The normalized spacial score (nSPS) is 18.6. The van der Waals surface area contributed by atoms with Crippen LogP contribution in [0.15, 0.2) is 0 Å². The van der Waals surface area contributed by atoms with E-state index in [0.29, 0.717) is 5.41 Å². The lowest BCUT2D eigenvalue weighted by Crippen LogP contribution is -2.44. The van der Waals surface area contributed by atoms with Gasteiger partial charge in [0.1, 0.15) is 0 Å². The summed E-state index contributed by atoms with van der Waals surface area (Å²) in [5, 5.41) is 6.89. The molecule has 1 saturated heterocycles. The fraction of sp³-hybridized carbons (Fsp3) is 1.00. The monoisotopic (exact) mass is 198 g/mol. The first-order valence-electron chi connectivity index (χ1n) is 5.94. The summed E-state index contributed by atoms with van der Waals surface area (Å²) in [7, 11) is 0. The standard InChI is InChI=1S/C12H26N2/c1-10(2)12(3,4)9-13-6-5-11-7-14-8-11/h10-11,13-14H,5-9H2,1-4H3. The van der Waals surface area contributed by atoms with Crippen LogP contribution in [0.25, 0.3) is 0 Å². The zero-order chi connectivity index (χ0) is 10.6. The molecule has 0 atom stereocenters. The van der Waals surface area contributed by atoms with Gasteiger partial charge in [-0.2, -0.15) is 0 Å². The predicted octanol–water partition coefficient (Wildman–Crippen LogP) is 1.87. The quantitative estimate of drug-likeness (QED) is 0.637. The molecular formula is C12H26N2. The first-order valence-corrected chi connectivity index (χ1v) is 5.94. The minimum Gasteiger partial charge on any atom is -0.316 e. The van der Waals surface area contributed by atoms with Gasteiger partial charge in [-0.05, 0) is 43.3 Å². The average molecular weight is 198 g/mol. The molecule has 0 spiro atoms. The Bertz CT molecular complexity index is 160. The lowest BCUT2D eigenvalue weighted by Gasteiger charge is -2.31. The van der Waals surface area contributed by atoms with Crippen LogP contribution in [0.2, 0.25) is 0 Å². The molecule has 0 aliphatic carbocycles. The minimum atomic E-state index is 0.428. The van der Waals surface area contributed by atoms with Gasteiger partial charge in [0.2, 0.25) is 0 Å². The second-order valence-corrected chi connectivity index (χ2v) is 5.63. The molecule has 1 aliphatic rings. The molecule has 84 valence electrons. The lowest BCUT2D eigenvalue weighted by molar-refractivity contribution is 0.232. The van der Waals surface area contributed by atoms with E-state index in [1.165, 1.54) is 26.1 Å². The first kappa shape index (κ1) is 12.0. The maximum absolute atomic E-state index is 3.58. The van der Waals surface area contributed by atoms with Crippen LogP contribution in [0.1, 0.15) is 34.1 Å². The second kappa shape index (κ2) is 5.13. The van der Waals surface area contributed by atoms with Crippen LogP contribution >= 0.6 is 0 Å². The van der Waals surface area contributed by atoms with Crippen molar-refractivity contribution >= 4 is 0 Å². The Morgan fingerprint density at radius 1 is 1.36 bits per heavy atom. The van der Waals surface area contributed by atoms with Crippen LogP contribution in [0.4, 0.5) is 0 Å². The third-order valence-corrected chi connectivity index (χ3v) is 3.74. The molecular weight excluding hydrogens is 172 g/mol. The van der Waals surface area contributed by atoms with E-state index in [-0.39, 0.29) is 0 Å². The van der Waals surface area contributed by atoms with Gasteiger partial charge in [-0.25, -0.2) is 0 Å². The molecule has 0 aromatic carbocycles. The molecule has 2 nitrogen and oxygen atoms in total. The van der Waals surface area contributed by atoms with E-state index in [4.69, 9.17) is 0 Å². The van der Waals surface area contributed by atoms with Gasteiger partial charge in [0.25, 0.3) is 0 Å². The van der Waals surface area contributed by atoms with Gasteiger partial charge < -0.3 is 10.6 Å². The number of rotatable bonds is 6. The summed E-state index contributed by atoms with van der Waals surface area (Å²) < 4.78 is 0. The Morgan fingerprint density at radius 2 is 2.00 bits per heavy atom. The van der Waals surface area contributed by atoms with Gasteiger partial charge >= 0.3 is 0 Å². The van der Waals surface area contributed by atoms with Crippen LogP contribution in [-0.2, 0) is 0 Å².